The molecule has 8 nitrogen and oxygen atoms in total. The minimum Gasteiger partial charge on any atom is -0.461 e. The predicted octanol–water partition coefficient (Wildman–Crippen LogP) is 3.74. The molecule has 0 amide bonds. The molecule has 1 saturated heterocycles. The van der Waals surface area contributed by atoms with Crippen molar-refractivity contribution in [1.29, 1.82) is 0 Å². The number of fused-ring (bicyclic) bond motifs is 1. The molecule has 4 rings (SSSR count). The lowest BCUT2D eigenvalue weighted by molar-refractivity contribution is -0.151. The number of hydrogen-bond donors (Lipinski definition) is 0. The maximum absolute atomic E-state index is 11.6. The minimum absolute atomic E-state index is 0.185. The standard InChI is InChI=1S/C20H19ClN4O4/c1-3-4-5-8-15-22-17(21)16-19(23-15)25(18(24-16)13-7-6-10-27-13)20-14(9-11-28-20)29-12(2)26/h6-7,10,14,20H,3-4,9,11H2,1-2H3/t14-,20-/m1/s1. The first-order chi connectivity index (χ1) is 14.1. The Hall–Kier alpha value is -2.89. The van der Waals surface area contributed by atoms with Gasteiger partial charge in [-0.2, -0.15) is 0 Å². The topological polar surface area (TPSA) is 92.3 Å². The fourth-order valence-electron chi connectivity index (χ4n) is 3.21. The number of unbranched alkanes of at least 4 members (excludes halogenated alkanes) is 1. The van der Waals surface area contributed by atoms with Gasteiger partial charge < -0.3 is 13.9 Å². The zero-order valence-corrected chi connectivity index (χ0v) is 16.8. The van der Waals surface area contributed by atoms with Crippen LogP contribution in [-0.2, 0) is 14.3 Å². The van der Waals surface area contributed by atoms with E-state index in [1.54, 1.807) is 23.0 Å². The van der Waals surface area contributed by atoms with Gasteiger partial charge in [-0.25, -0.2) is 15.0 Å². The van der Waals surface area contributed by atoms with Crippen LogP contribution in [0.15, 0.2) is 22.8 Å². The zero-order valence-electron chi connectivity index (χ0n) is 16.0. The van der Waals surface area contributed by atoms with E-state index < -0.39 is 12.3 Å². The molecule has 150 valence electrons. The van der Waals surface area contributed by atoms with Gasteiger partial charge in [0.05, 0.1) is 12.9 Å². The van der Waals surface area contributed by atoms with E-state index in [9.17, 15) is 4.79 Å². The Morgan fingerprint density at radius 3 is 3.00 bits per heavy atom. The van der Waals surface area contributed by atoms with Crippen LogP contribution >= 0.6 is 11.6 Å². The molecule has 9 heteroatoms. The van der Waals surface area contributed by atoms with Crippen molar-refractivity contribution in [1.82, 2.24) is 19.5 Å². The van der Waals surface area contributed by atoms with Crippen LogP contribution in [0.2, 0.25) is 5.15 Å². The smallest absolute Gasteiger partial charge is 0.303 e. The van der Waals surface area contributed by atoms with Crippen LogP contribution in [0.3, 0.4) is 0 Å². The van der Waals surface area contributed by atoms with Crippen molar-refractivity contribution in [2.45, 2.75) is 45.4 Å². The molecule has 0 N–H and O–H groups in total. The predicted molar refractivity (Wildman–Crippen MR) is 105 cm³/mol. The third-order valence-corrected chi connectivity index (χ3v) is 4.66. The van der Waals surface area contributed by atoms with E-state index >= 15 is 0 Å². The quantitative estimate of drug-likeness (QED) is 0.364. The Bertz CT molecular complexity index is 1100. The first-order valence-corrected chi connectivity index (χ1v) is 9.73. The van der Waals surface area contributed by atoms with E-state index in [1.807, 2.05) is 6.92 Å². The number of carbonyl (C=O) groups is 1. The molecule has 4 heterocycles. The number of halogens is 1. The molecule has 29 heavy (non-hydrogen) atoms. The van der Waals surface area contributed by atoms with Crippen molar-refractivity contribution in [2.75, 3.05) is 6.61 Å². The Morgan fingerprint density at radius 1 is 1.41 bits per heavy atom. The molecule has 3 aromatic rings. The SMILES string of the molecule is CCCC#Cc1nc(Cl)c2nc(-c3ccco3)n([C@@H]3OCC[C@H]3OC(C)=O)c2n1. The lowest BCUT2D eigenvalue weighted by atomic mass is 10.2. The summed E-state index contributed by atoms with van der Waals surface area (Å²) in [5.74, 6) is 6.84. The van der Waals surface area contributed by atoms with Gasteiger partial charge in [0, 0.05) is 19.8 Å². The van der Waals surface area contributed by atoms with Crippen LogP contribution in [-0.4, -0.2) is 38.2 Å². The second-order valence-electron chi connectivity index (χ2n) is 6.54. The van der Waals surface area contributed by atoms with Crippen LogP contribution in [0.1, 0.15) is 45.2 Å². The highest BCUT2D eigenvalue weighted by Gasteiger charge is 2.36. The molecule has 0 saturated carbocycles. The van der Waals surface area contributed by atoms with Gasteiger partial charge >= 0.3 is 5.97 Å². The lowest BCUT2D eigenvalue weighted by Crippen LogP contribution is -2.25. The van der Waals surface area contributed by atoms with E-state index in [0.29, 0.717) is 41.6 Å². The van der Waals surface area contributed by atoms with Gasteiger partial charge in [0.25, 0.3) is 0 Å². The first-order valence-electron chi connectivity index (χ1n) is 9.35. The highest BCUT2D eigenvalue weighted by atomic mass is 35.5. The summed E-state index contributed by atoms with van der Waals surface area (Å²) in [4.78, 5) is 25.0. The summed E-state index contributed by atoms with van der Waals surface area (Å²) in [6, 6.07) is 3.53. The van der Waals surface area contributed by atoms with Gasteiger partial charge in [0.1, 0.15) is 11.6 Å². The maximum atomic E-state index is 11.6. The number of imidazole rings is 1. The molecule has 1 aliphatic rings. The van der Waals surface area contributed by atoms with Gasteiger partial charge in [0.2, 0.25) is 5.82 Å². The number of hydrogen-bond acceptors (Lipinski definition) is 7. The molecule has 1 fully saturated rings. The first kappa shape index (κ1) is 19.4. The number of rotatable bonds is 4. The average Bonchev–Trinajstić information content (AvgIpc) is 3.40. The number of aromatic nitrogens is 4. The van der Waals surface area contributed by atoms with Gasteiger partial charge in [0.15, 0.2) is 28.6 Å². The van der Waals surface area contributed by atoms with Crippen LogP contribution in [0.5, 0.6) is 0 Å². The number of carbonyl (C=O) groups excluding carboxylic acids is 1. The molecule has 0 aliphatic carbocycles. The fraction of sp³-hybridized carbons (Fsp3) is 0.400. The van der Waals surface area contributed by atoms with Gasteiger partial charge in [-0.05, 0) is 24.5 Å². The molecule has 0 unspecified atom stereocenters. The highest BCUT2D eigenvalue weighted by molar-refractivity contribution is 6.33. The molecular weight excluding hydrogens is 396 g/mol. The lowest BCUT2D eigenvalue weighted by Gasteiger charge is -2.21. The van der Waals surface area contributed by atoms with E-state index in [-0.39, 0.29) is 11.1 Å². The molecule has 0 aromatic carbocycles. The molecule has 0 radical (unpaired) electrons. The third kappa shape index (κ3) is 3.84. The number of furan rings is 1. The van der Waals surface area contributed by atoms with Crippen LogP contribution < -0.4 is 0 Å². The normalized spacial score (nSPS) is 18.6. The maximum Gasteiger partial charge on any atom is 0.303 e. The van der Waals surface area contributed by atoms with Crippen molar-refractivity contribution in [3.63, 3.8) is 0 Å². The zero-order chi connectivity index (χ0) is 20.4. The molecular formula is C20H19ClN4O4. The number of nitrogens with zero attached hydrogens (tertiary/aromatic N) is 4. The number of ether oxygens (including phenoxy) is 2. The molecule has 0 bridgehead atoms. The Labute approximate surface area is 172 Å². The molecule has 0 spiro atoms. The van der Waals surface area contributed by atoms with Crippen molar-refractivity contribution >= 4 is 28.7 Å². The molecule has 3 aromatic heterocycles. The van der Waals surface area contributed by atoms with Crippen LogP contribution in [0, 0.1) is 11.8 Å². The summed E-state index contributed by atoms with van der Waals surface area (Å²) in [5, 5.41) is 0.185. The van der Waals surface area contributed by atoms with E-state index in [2.05, 4.69) is 26.8 Å². The fourth-order valence-corrected chi connectivity index (χ4v) is 3.42. The van der Waals surface area contributed by atoms with E-state index in [1.165, 1.54) is 6.92 Å². The molecule has 2 atom stereocenters. The van der Waals surface area contributed by atoms with Gasteiger partial charge in [-0.1, -0.05) is 24.4 Å². The van der Waals surface area contributed by atoms with E-state index in [0.717, 1.165) is 12.8 Å². The monoisotopic (exact) mass is 414 g/mol. The summed E-state index contributed by atoms with van der Waals surface area (Å²) in [6.45, 7) is 3.85. The van der Waals surface area contributed by atoms with Crippen molar-refractivity contribution in [3.8, 4) is 23.4 Å². The van der Waals surface area contributed by atoms with Crippen LogP contribution in [0.4, 0.5) is 0 Å². The average molecular weight is 415 g/mol. The third-order valence-electron chi connectivity index (χ3n) is 4.39. The van der Waals surface area contributed by atoms with E-state index in [4.69, 9.17) is 25.5 Å². The largest absolute Gasteiger partial charge is 0.461 e. The van der Waals surface area contributed by atoms with Gasteiger partial charge in [-0.3, -0.25) is 9.36 Å². The Balaban J connectivity index is 1.90. The summed E-state index contributed by atoms with van der Waals surface area (Å²) < 4.78 is 18.7. The summed E-state index contributed by atoms with van der Waals surface area (Å²) >= 11 is 6.40. The van der Waals surface area contributed by atoms with Crippen molar-refractivity contribution < 1.29 is 18.7 Å². The highest BCUT2D eigenvalue weighted by Crippen LogP contribution is 2.36. The molecule has 1 aliphatic heterocycles. The summed E-state index contributed by atoms with van der Waals surface area (Å²) in [5.41, 5.74) is 0.845. The van der Waals surface area contributed by atoms with Gasteiger partial charge in [-0.15, -0.1) is 0 Å². The Kier molecular flexibility index (Phi) is 5.51. The Morgan fingerprint density at radius 2 is 2.28 bits per heavy atom. The second kappa shape index (κ2) is 8.23. The van der Waals surface area contributed by atoms with Crippen molar-refractivity contribution in [2.24, 2.45) is 0 Å². The second-order valence-corrected chi connectivity index (χ2v) is 6.90. The van der Waals surface area contributed by atoms with Crippen molar-refractivity contribution in [3.05, 3.63) is 29.4 Å². The van der Waals surface area contributed by atoms with Crippen LogP contribution in [0.25, 0.3) is 22.7 Å². The summed E-state index contributed by atoms with van der Waals surface area (Å²) in [6.07, 6.45) is 2.67. The minimum atomic E-state index is -0.619. The number of esters is 1. The summed E-state index contributed by atoms with van der Waals surface area (Å²) in [7, 11) is 0.